The Balaban J connectivity index is 2.30. The minimum atomic E-state index is -0.911. The van der Waals surface area contributed by atoms with Crippen LogP contribution >= 0.6 is 11.8 Å². The molecule has 7 heteroatoms. The summed E-state index contributed by atoms with van der Waals surface area (Å²) < 4.78 is 13.1. The summed E-state index contributed by atoms with van der Waals surface area (Å²) in [6.45, 7) is 7.28. The number of hydroxylamine groups is 2. The maximum Gasteiger partial charge on any atom is 0.142 e. The van der Waals surface area contributed by atoms with E-state index in [2.05, 4.69) is 11.0 Å². The summed E-state index contributed by atoms with van der Waals surface area (Å²) in [7, 11) is 1.66. The van der Waals surface area contributed by atoms with Crippen LogP contribution in [0.25, 0.3) is 0 Å². The number of rotatable bonds is 9. The lowest BCUT2D eigenvalue weighted by atomic mass is 10.0. The molecule has 0 aliphatic carbocycles. The highest BCUT2D eigenvalue weighted by Crippen LogP contribution is 2.36. The van der Waals surface area contributed by atoms with E-state index in [9.17, 15) is 9.60 Å². The largest absolute Gasteiger partial charge is 0.329 e. The van der Waals surface area contributed by atoms with Crippen molar-refractivity contribution in [2.75, 3.05) is 26.7 Å². The van der Waals surface area contributed by atoms with Crippen molar-refractivity contribution < 1.29 is 9.60 Å². The standard InChI is InChI=1S/C21H31FN4OS/c1-5-10-28-20(6-2)21-24-12-17(18(23)9-7-8-15(3)22)19-11-16(13-25(4)27)14-26(19)21/h5-7,9-10,15-16,23,27H,8,11-14H2,1-4H3/b9-7-,10-5-,20-6?,23-18?. The number of fused-ring (bicyclic) bond motifs is 1. The Kier molecular flexibility index (Phi) is 8.66. The van der Waals surface area contributed by atoms with Crippen LogP contribution in [0.5, 0.6) is 0 Å². The van der Waals surface area contributed by atoms with Gasteiger partial charge in [-0.15, -0.1) is 0 Å². The molecule has 0 saturated carbocycles. The molecule has 0 aromatic rings. The predicted molar refractivity (Wildman–Crippen MR) is 117 cm³/mol. The minimum Gasteiger partial charge on any atom is -0.329 e. The maximum absolute atomic E-state index is 13.1. The fraction of sp³-hybridized carbons (Fsp3) is 0.524. The van der Waals surface area contributed by atoms with Crippen LogP contribution in [0.2, 0.25) is 0 Å². The molecule has 2 heterocycles. The second-order valence-electron chi connectivity index (χ2n) is 7.16. The van der Waals surface area contributed by atoms with Gasteiger partial charge < -0.3 is 15.5 Å². The molecule has 0 bridgehead atoms. The highest BCUT2D eigenvalue weighted by atomic mass is 32.2. The molecule has 28 heavy (non-hydrogen) atoms. The number of amidine groups is 1. The Hall–Kier alpha value is -1.70. The highest BCUT2D eigenvalue weighted by molar-refractivity contribution is 8.06. The Morgan fingerprint density at radius 3 is 2.86 bits per heavy atom. The topological polar surface area (TPSA) is 62.9 Å². The van der Waals surface area contributed by atoms with Crippen LogP contribution in [0.4, 0.5) is 4.39 Å². The average molecular weight is 407 g/mol. The molecule has 0 aromatic heterocycles. The number of halogens is 1. The van der Waals surface area contributed by atoms with Crippen molar-refractivity contribution in [1.82, 2.24) is 9.96 Å². The molecule has 1 fully saturated rings. The van der Waals surface area contributed by atoms with Gasteiger partial charge in [0.05, 0.1) is 12.3 Å². The average Bonchev–Trinajstić information content (AvgIpc) is 3.04. The molecule has 2 aliphatic heterocycles. The normalized spacial score (nSPS) is 21.8. The van der Waals surface area contributed by atoms with E-state index in [1.807, 2.05) is 25.3 Å². The van der Waals surface area contributed by atoms with E-state index >= 15 is 0 Å². The molecule has 2 atom stereocenters. The Morgan fingerprint density at radius 1 is 1.50 bits per heavy atom. The molecule has 2 aliphatic rings. The number of nitrogens with one attached hydrogen (secondary N) is 1. The van der Waals surface area contributed by atoms with Crippen molar-refractivity contribution in [3.63, 3.8) is 0 Å². The van der Waals surface area contributed by atoms with E-state index < -0.39 is 6.17 Å². The van der Waals surface area contributed by atoms with Crippen molar-refractivity contribution in [2.24, 2.45) is 10.9 Å². The minimum absolute atomic E-state index is 0.260. The predicted octanol–water partition coefficient (Wildman–Crippen LogP) is 4.79. The van der Waals surface area contributed by atoms with E-state index in [4.69, 9.17) is 10.4 Å². The number of hydrogen-bond acceptors (Lipinski definition) is 6. The Labute approximate surface area is 171 Å². The molecular weight excluding hydrogens is 375 g/mol. The van der Waals surface area contributed by atoms with Gasteiger partial charge in [0.1, 0.15) is 12.0 Å². The first-order chi connectivity index (χ1) is 13.4. The maximum atomic E-state index is 13.1. The molecular formula is C21H31FN4OS. The molecule has 2 rings (SSSR count). The smallest absolute Gasteiger partial charge is 0.142 e. The lowest BCUT2D eigenvalue weighted by molar-refractivity contribution is -0.0746. The first-order valence-corrected chi connectivity index (χ1v) is 10.5. The number of nitrogens with zero attached hydrogens (tertiary/aromatic N) is 3. The number of hydrogen-bond donors (Lipinski definition) is 2. The third kappa shape index (κ3) is 5.90. The van der Waals surface area contributed by atoms with Gasteiger partial charge in [0.15, 0.2) is 0 Å². The summed E-state index contributed by atoms with van der Waals surface area (Å²) in [4.78, 5) is 8.07. The van der Waals surface area contributed by atoms with Crippen LogP contribution in [0.3, 0.4) is 0 Å². The van der Waals surface area contributed by atoms with Gasteiger partial charge in [-0.1, -0.05) is 30.0 Å². The van der Waals surface area contributed by atoms with Crippen molar-refractivity contribution in [2.45, 2.75) is 39.8 Å². The summed E-state index contributed by atoms with van der Waals surface area (Å²) in [5, 5.41) is 21.4. The third-order valence-corrected chi connectivity index (χ3v) is 5.73. The molecule has 0 aromatic carbocycles. The van der Waals surface area contributed by atoms with Crippen molar-refractivity contribution in [1.29, 1.82) is 5.41 Å². The van der Waals surface area contributed by atoms with Crippen LogP contribution in [0.1, 0.15) is 33.6 Å². The Bertz CT molecular complexity index is 722. The fourth-order valence-corrected chi connectivity index (χ4v) is 4.16. The summed E-state index contributed by atoms with van der Waals surface area (Å²) in [6, 6.07) is 0. The van der Waals surface area contributed by atoms with Crippen LogP contribution in [-0.4, -0.2) is 59.6 Å². The fourth-order valence-electron chi connectivity index (χ4n) is 3.46. The second-order valence-corrected chi connectivity index (χ2v) is 8.11. The number of thioether (sulfide) groups is 1. The van der Waals surface area contributed by atoms with Gasteiger partial charge in [-0.2, -0.15) is 5.06 Å². The highest BCUT2D eigenvalue weighted by Gasteiger charge is 2.36. The first-order valence-electron chi connectivity index (χ1n) is 9.65. The molecule has 5 nitrogen and oxygen atoms in total. The SMILES string of the molecule is CC=C(S/C=C\C)C1=NCC(C(=N)/C=C\CC(C)F)=C2CC(CN(C)O)CN12. The van der Waals surface area contributed by atoms with Crippen molar-refractivity contribution in [3.05, 3.63) is 45.9 Å². The van der Waals surface area contributed by atoms with Gasteiger partial charge in [0, 0.05) is 36.3 Å². The van der Waals surface area contributed by atoms with E-state index in [0.717, 1.165) is 35.0 Å². The zero-order valence-corrected chi connectivity index (χ0v) is 18.0. The summed E-state index contributed by atoms with van der Waals surface area (Å²) >= 11 is 1.64. The second kappa shape index (κ2) is 10.7. The summed E-state index contributed by atoms with van der Waals surface area (Å²) in [5.41, 5.74) is 2.38. The van der Waals surface area contributed by atoms with Crippen LogP contribution in [0, 0.1) is 11.3 Å². The van der Waals surface area contributed by atoms with Crippen molar-refractivity contribution in [3.8, 4) is 0 Å². The zero-order chi connectivity index (χ0) is 20.7. The quantitative estimate of drug-likeness (QED) is 0.427. The van der Waals surface area contributed by atoms with Crippen LogP contribution < -0.4 is 0 Å². The van der Waals surface area contributed by atoms with Gasteiger partial charge >= 0.3 is 0 Å². The van der Waals surface area contributed by atoms with Crippen LogP contribution in [0.15, 0.2) is 50.9 Å². The Morgan fingerprint density at radius 2 is 2.25 bits per heavy atom. The number of aliphatic imine (C=N–C) groups is 1. The molecule has 0 radical (unpaired) electrons. The lowest BCUT2D eigenvalue weighted by Crippen LogP contribution is -2.34. The monoisotopic (exact) mass is 406 g/mol. The number of allylic oxidation sites excluding steroid dienone is 5. The van der Waals surface area contributed by atoms with Gasteiger partial charge in [0.25, 0.3) is 0 Å². The third-order valence-electron chi connectivity index (χ3n) is 4.65. The van der Waals surface area contributed by atoms with Gasteiger partial charge in [-0.25, -0.2) is 4.39 Å². The zero-order valence-electron chi connectivity index (χ0n) is 17.2. The van der Waals surface area contributed by atoms with Crippen molar-refractivity contribution >= 4 is 23.3 Å². The van der Waals surface area contributed by atoms with Crippen LogP contribution in [-0.2, 0) is 0 Å². The first kappa shape index (κ1) is 22.6. The van der Waals surface area contributed by atoms with Gasteiger partial charge in [-0.3, -0.25) is 4.99 Å². The number of alkyl halides is 1. The molecule has 2 unspecified atom stereocenters. The van der Waals surface area contributed by atoms with Gasteiger partial charge in [0.2, 0.25) is 0 Å². The van der Waals surface area contributed by atoms with Gasteiger partial charge in [-0.05, 0) is 51.0 Å². The van der Waals surface area contributed by atoms with E-state index in [-0.39, 0.29) is 5.92 Å². The summed E-state index contributed by atoms with van der Waals surface area (Å²) in [6.07, 6.45) is 7.66. The molecule has 0 amide bonds. The lowest BCUT2D eigenvalue weighted by Gasteiger charge is -2.29. The molecule has 154 valence electrons. The molecule has 2 N–H and O–H groups in total. The molecule has 1 saturated heterocycles. The van der Waals surface area contributed by atoms with E-state index in [1.165, 1.54) is 12.0 Å². The molecule has 0 spiro atoms. The summed E-state index contributed by atoms with van der Waals surface area (Å²) in [5.74, 6) is 1.19. The van der Waals surface area contributed by atoms with E-state index in [1.54, 1.807) is 31.0 Å². The van der Waals surface area contributed by atoms with E-state index in [0.29, 0.717) is 25.2 Å².